The standard InChI is InChI=1S/C12H9BrN2O2/c13-8-1-2-9-11(5-8)17-6-10(12(9)16)15-4-3-14-7-15/h1-5,7,10H,6H2. The number of nitrogens with zero attached hydrogens (tertiary/aromatic N) is 2. The van der Waals surface area contributed by atoms with E-state index in [0.29, 0.717) is 17.9 Å². The number of benzene rings is 1. The number of ketones is 1. The molecule has 0 fully saturated rings. The molecule has 2 aromatic rings. The van der Waals surface area contributed by atoms with Crippen LogP contribution in [0.25, 0.3) is 0 Å². The van der Waals surface area contributed by atoms with Gasteiger partial charge in [-0.05, 0) is 18.2 Å². The normalized spacial score (nSPS) is 18.6. The van der Waals surface area contributed by atoms with Gasteiger partial charge in [-0.15, -0.1) is 0 Å². The lowest BCUT2D eigenvalue weighted by Crippen LogP contribution is -2.29. The Labute approximate surface area is 106 Å². The maximum atomic E-state index is 12.3. The summed E-state index contributed by atoms with van der Waals surface area (Å²) >= 11 is 3.36. The number of carbonyl (C=O) groups excluding carboxylic acids is 1. The third-order valence-corrected chi connectivity index (χ3v) is 3.29. The van der Waals surface area contributed by atoms with Gasteiger partial charge in [0.2, 0.25) is 0 Å². The lowest BCUT2D eigenvalue weighted by atomic mass is 10.0. The zero-order chi connectivity index (χ0) is 11.8. The summed E-state index contributed by atoms with van der Waals surface area (Å²) < 4.78 is 8.29. The predicted molar refractivity (Wildman–Crippen MR) is 65.2 cm³/mol. The molecule has 0 bridgehead atoms. The molecule has 0 amide bonds. The SMILES string of the molecule is O=C1c2ccc(Br)cc2OCC1n1ccnc1. The summed E-state index contributed by atoms with van der Waals surface area (Å²) in [5, 5.41) is 0. The van der Waals surface area contributed by atoms with Crippen molar-refractivity contribution < 1.29 is 9.53 Å². The Morgan fingerprint density at radius 3 is 3.12 bits per heavy atom. The van der Waals surface area contributed by atoms with Crippen LogP contribution in [0.3, 0.4) is 0 Å². The van der Waals surface area contributed by atoms with E-state index in [1.54, 1.807) is 29.4 Å². The molecule has 17 heavy (non-hydrogen) atoms. The fourth-order valence-electron chi connectivity index (χ4n) is 1.92. The van der Waals surface area contributed by atoms with Crippen molar-refractivity contribution in [2.75, 3.05) is 6.61 Å². The molecule has 1 aliphatic heterocycles. The van der Waals surface area contributed by atoms with E-state index >= 15 is 0 Å². The molecule has 0 spiro atoms. The molecule has 0 N–H and O–H groups in total. The lowest BCUT2D eigenvalue weighted by molar-refractivity contribution is 0.0841. The summed E-state index contributed by atoms with van der Waals surface area (Å²) in [5.41, 5.74) is 0.623. The van der Waals surface area contributed by atoms with E-state index in [1.165, 1.54) is 0 Å². The molecule has 0 saturated heterocycles. The first kappa shape index (κ1) is 10.5. The minimum atomic E-state index is -0.314. The van der Waals surface area contributed by atoms with Crippen molar-refractivity contribution in [1.29, 1.82) is 0 Å². The third-order valence-electron chi connectivity index (χ3n) is 2.79. The van der Waals surface area contributed by atoms with Gasteiger partial charge < -0.3 is 9.30 Å². The number of hydrogen-bond donors (Lipinski definition) is 0. The van der Waals surface area contributed by atoms with Crippen LogP contribution in [0.2, 0.25) is 0 Å². The van der Waals surface area contributed by atoms with Crippen molar-refractivity contribution in [2.24, 2.45) is 0 Å². The Morgan fingerprint density at radius 1 is 1.47 bits per heavy atom. The van der Waals surface area contributed by atoms with E-state index in [2.05, 4.69) is 20.9 Å². The third kappa shape index (κ3) is 1.76. The van der Waals surface area contributed by atoms with Crippen molar-refractivity contribution in [2.45, 2.75) is 6.04 Å². The number of Topliss-reactive ketones (excluding diaryl/α,β-unsaturated/α-hetero) is 1. The number of imidazole rings is 1. The van der Waals surface area contributed by atoms with E-state index in [1.807, 2.05) is 12.1 Å². The van der Waals surface area contributed by atoms with Crippen LogP contribution in [-0.2, 0) is 0 Å². The van der Waals surface area contributed by atoms with Crippen LogP contribution in [0.5, 0.6) is 5.75 Å². The quantitative estimate of drug-likeness (QED) is 0.811. The molecule has 0 aliphatic carbocycles. The van der Waals surface area contributed by atoms with Crippen LogP contribution in [0.4, 0.5) is 0 Å². The molecule has 2 heterocycles. The molecule has 86 valence electrons. The van der Waals surface area contributed by atoms with Crippen molar-refractivity contribution in [3.05, 3.63) is 47.0 Å². The minimum Gasteiger partial charge on any atom is -0.490 e. The topological polar surface area (TPSA) is 44.1 Å². The Morgan fingerprint density at radius 2 is 2.35 bits per heavy atom. The van der Waals surface area contributed by atoms with Crippen molar-refractivity contribution in [3.63, 3.8) is 0 Å². The first-order valence-electron chi connectivity index (χ1n) is 5.20. The summed E-state index contributed by atoms with van der Waals surface area (Å²) in [6.45, 7) is 0.346. The van der Waals surface area contributed by atoms with Crippen LogP contribution in [0.1, 0.15) is 16.4 Å². The van der Waals surface area contributed by atoms with Crippen LogP contribution < -0.4 is 4.74 Å². The molecule has 1 aromatic carbocycles. The molecule has 1 aromatic heterocycles. The fourth-order valence-corrected chi connectivity index (χ4v) is 2.26. The van der Waals surface area contributed by atoms with Crippen LogP contribution in [0, 0.1) is 0 Å². The average molecular weight is 293 g/mol. The highest BCUT2D eigenvalue weighted by Crippen LogP contribution is 2.31. The van der Waals surface area contributed by atoms with Gasteiger partial charge in [0, 0.05) is 16.9 Å². The van der Waals surface area contributed by atoms with Crippen LogP contribution in [-0.4, -0.2) is 21.9 Å². The van der Waals surface area contributed by atoms with Gasteiger partial charge in [-0.1, -0.05) is 15.9 Å². The monoisotopic (exact) mass is 292 g/mol. The maximum absolute atomic E-state index is 12.3. The Kier molecular flexibility index (Phi) is 2.48. The maximum Gasteiger partial charge on any atom is 0.192 e. The fraction of sp³-hybridized carbons (Fsp3) is 0.167. The van der Waals surface area contributed by atoms with Gasteiger partial charge in [-0.2, -0.15) is 0 Å². The van der Waals surface area contributed by atoms with E-state index in [4.69, 9.17) is 4.74 Å². The van der Waals surface area contributed by atoms with E-state index < -0.39 is 0 Å². The zero-order valence-corrected chi connectivity index (χ0v) is 10.4. The molecule has 4 nitrogen and oxygen atoms in total. The highest BCUT2D eigenvalue weighted by atomic mass is 79.9. The molecule has 5 heteroatoms. The van der Waals surface area contributed by atoms with E-state index in [-0.39, 0.29) is 11.8 Å². The van der Waals surface area contributed by atoms with Crippen LogP contribution >= 0.6 is 15.9 Å². The summed E-state index contributed by atoms with van der Waals surface area (Å²) in [6.07, 6.45) is 5.07. The molecule has 3 rings (SSSR count). The minimum absolute atomic E-state index is 0.0664. The first-order chi connectivity index (χ1) is 8.25. The van der Waals surface area contributed by atoms with Gasteiger partial charge in [0.1, 0.15) is 18.4 Å². The smallest absolute Gasteiger partial charge is 0.192 e. The number of hydrogen-bond acceptors (Lipinski definition) is 3. The number of aromatic nitrogens is 2. The first-order valence-corrected chi connectivity index (χ1v) is 5.99. The van der Waals surface area contributed by atoms with Crippen molar-refractivity contribution in [1.82, 2.24) is 9.55 Å². The van der Waals surface area contributed by atoms with E-state index in [9.17, 15) is 4.79 Å². The molecule has 1 aliphatic rings. The summed E-state index contributed by atoms with van der Waals surface area (Å²) in [5.74, 6) is 0.706. The van der Waals surface area contributed by atoms with Gasteiger partial charge in [0.15, 0.2) is 5.78 Å². The average Bonchev–Trinajstić information content (AvgIpc) is 2.82. The number of halogens is 1. The molecule has 0 radical (unpaired) electrons. The molecular formula is C12H9BrN2O2. The summed E-state index contributed by atoms with van der Waals surface area (Å²) in [7, 11) is 0. The Bertz CT molecular complexity index is 566. The number of rotatable bonds is 1. The van der Waals surface area contributed by atoms with Gasteiger partial charge in [-0.3, -0.25) is 4.79 Å². The summed E-state index contributed by atoms with van der Waals surface area (Å²) in [6, 6.07) is 5.13. The summed E-state index contributed by atoms with van der Waals surface area (Å²) in [4.78, 5) is 16.2. The predicted octanol–water partition coefficient (Wildman–Crippen LogP) is 2.46. The number of carbonyl (C=O) groups is 1. The zero-order valence-electron chi connectivity index (χ0n) is 8.84. The second kappa shape index (κ2) is 4.00. The number of ether oxygens (including phenoxy) is 1. The Balaban J connectivity index is 2.01. The van der Waals surface area contributed by atoms with Crippen molar-refractivity contribution in [3.8, 4) is 5.75 Å². The second-order valence-electron chi connectivity index (χ2n) is 3.84. The van der Waals surface area contributed by atoms with Gasteiger partial charge in [0.25, 0.3) is 0 Å². The van der Waals surface area contributed by atoms with E-state index in [0.717, 1.165) is 4.47 Å². The van der Waals surface area contributed by atoms with Crippen molar-refractivity contribution >= 4 is 21.7 Å². The van der Waals surface area contributed by atoms with Gasteiger partial charge in [0.05, 0.1) is 11.9 Å². The highest BCUT2D eigenvalue weighted by molar-refractivity contribution is 9.10. The molecule has 1 atom stereocenters. The van der Waals surface area contributed by atoms with Gasteiger partial charge >= 0.3 is 0 Å². The molecular weight excluding hydrogens is 284 g/mol. The van der Waals surface area contributed by atoms with Crippen LogP contribution in [0.15, 0.2) is 41.4 Å². The Hall–Kier alpha value is -1.62. The molecule has 0 saturated carbocycles. The second-order valence-corrected chi connectivity index (χ2v) is 4.76. The lowest BCUT2D eigenvalue weighted by Gasteiger charge is -2.24. The van der Waals surface area contributed by atoms with Gasteiger partial charge in [-0.25, -0.2) is 4.98 Å². The largest absolute Gasteiger partial charge is 0.490 e. The molecule has 1 unspecified atom stereocenters. The number of fused-ring (bicyclic) bond motifs is 1. The highest BCUT2D eigenvalue weighted by Gasteiger charge is 2.29.